The molecule has 0 atom stereocenters. The highest BCUT2D eigenvalue weighted by atomic mass is 16.5. The number of ether oxygens (including phenoxy) is 2. The van der Waals surface area contributed by atoms with Gasteiger partial charge in [-0.1, -0.05) is 24.3 Å². The van der Waals surface area contributed by atoms with Crippen molar-refractivity contribution < 1.29 is 19.1 Å². The highest BCUT2D eigenvalue weighted by Gasteiger charge is 2.17. The Bertz CT molecular complexity index is 1080. The lowest BCUT2D eigenvalue weighted by Crippen LogP contribution is -2.36. The maximum Gasteiger partial charge on any atom is 0.338 e. The van der Waals surface area contributed by atoms with Gasteiger partial charge in [-0.25, -0.2) is 4.79 Å². The lowest BCUT2D eigenvalue weighted by molar-refractivity contribution is 0.0597. The van der Waals surface area contributed by atoms with Crippen molar-refractivity contribution in [2.24, 2.45) is 0 Å². The number of rotatable bonds is 5. The second-order valence-electron chi connectivity index (χ2n) is 6.95. The molecule has 4 rings (SSSR count). The molecule has 1 amide bonds. The minimum atomic E-state index is -0.560. The Morgan fingerprint density at radius 1 is 0.968 bits per heavy atom. The van der Waals surface area contributed by atoms with Crippen LogP contribution in [-0.4, -0.2) is 55.5 Å². The number of nitrogens with one attached hydrogen (secondary N) is 1. The van der Waals surface area contributed by atoms with E-state index in [0.717, 1.165) is 24.5 Å². The Morgan fingerprint density at radius 2 is 1.74 bits per heavy atom. The smallest absolute Gasteiger partial charge is 0.338 e. The van der Waals surface area contributed by atoms with E-state index < -0.39 is 11.9 Å². The molecule has 3 aromatic rings. The fourth-order valence-corrected chi connectivity index (χ4v) is 3.36. The summed E-state index contributed by atoms with van der Waals surface area (Å²) in [4.78, 5) is 26.8. The first-order chi connectivity index (χ1) is 15.2. The predicted octanol–water partition coefficient (Wildman–Crippen LogP) is 3.02. The highest BCUT2D eigenvalue weighted by molar-refractivity contribution is 6.11. The molecule has 2 heterocycles. The topological polar surface area (TPSA) is 93.7 Å². The summed E-state index contributed by atoms with van der Waals surface area (Å²) in [6, 6.07) is 17.7. The molecule has 1 aromatic heterocycles. The third-order valence-corrected chi connectivity index (χ3v) is 4.98. The van der Waals surface area contributed by atoms with Crippen molar-refractivity contribution in [2.45, 2.75) is 0 Å². The Labute approximate surface area is 179 Å². The van der Waals surface area contributed by atoms with Crippen LogP contribution in [0.2, 0.25) is 0 Å². The van der Waals surface area contributed by atoms with E-state index in [1.165, 1.54) is 7.11 Å². The zero-order valence-electron chi connectivity index (χ0n) is 17.1. The van der Waals surface area contributed by atoms with Crippen LogP contribution in [0.1, 0.15) is 20.7 Å². The maximum atomic E-state index is 12.8. The van der Waals surface area contributed by atoms with Gasteiger partial charge in [0.25, 0.3) is 5.91 Å². The molecule has 8 nitrogen and oxygen atoms in total. The number of carbonyl (C=O) groups is 2. The third kappa shape index (κ3) is 4.70. The minimum absolute atomic E-state index is 0.211. The monoisotopic (exact) mass is 418 g/mol. The molecular formula is C23H22N4O4. The minimum Gasteiger partial charge on any atom is -0.465 e. The maximum absolute atomic E-state index is 12.8. The van der Waals surface area contributed by atoms with Crippen molar-refractivity contribution in [3.63, 3.8) is 0 Å². The summed E-state index contributed by atoms with van der Waals surface area (Å²) >= 11 is 0. The van der Waals surface area contributed by atoms with Gasteiger partial charge in [0.15, 0.2) is 5.82 Å². The van der Waals surface area contributed by atoms with Crippen LogP contribution < -0.4 is 10.2 Å². The van der Waals surface area contributed by atoms with Crippen LogP contribution in [0.15, 0.2) is 60.7 Å². The summed E-state index contributed by atoms with van der Waals surface area (Å²) in [6.45, 7) is 2.96. The predicted molar refractivity (Wildman–Crippen MR) is 116 cm³/mol. The average molecular weight is 418 g/mol. The van der Waals surface area contributed by atoms with Gasteiger partial charge in [0.05, 0.1) is 37.1 Å². The Balaban J connectivity index is 1.51. The molecule has 0 bridgehead atoms. The van der Waals surface area contributed by atoms with Crippen molar-refractivity contribution >= 4 is 23.4 Å². The standard InChI is InChI=1S/C23H22N4O4/c1-30-23(29)19-8-3-2-7-18(19)22(28)24-17-6-4-5-16(15-17)20-9-10-21(26-25-20)27-11-13-31-14-12-27/h2-10,15H,11-14H2,1H3,(H,24,28). The van der Waals surface area contributed by atoms with E-state index in [0.29, 0.717) is 24.6 Å². The van der Waals surface area contributed by atoms with E-state index in [1.54, 1.807) is 30.3 Å². The van der Waals surface area contributed by atoms with Crippen molar-refractivity contribution in [2.75, 3.05) is 43.6 Å². The van der Waals surface area contributed by atoms with Gasteiger partial charge in [-0.2, -0.15) is 0 Å². The molecule has 1 saturated heterocycles. The van der Waals surface area contributed by atoms with Crippen LogP contribution in [-0.2, 0) is 9.47 Å². The normalized spacial score (nSPS) is 13.5. The summed E-state index contributed by atoms with van der Waals surface area (Å²) < 4.78 is 10.1. The Morgan fingerprint density at radius 3 is 2.45 bits per heavy atom. The highest BCUT2D eigenvalue weighted by Crippen LogP contribution is 2.23. The molecule has 0 radical (unpaired) electrons. The number of aromatic nitrogens is 2. The van der Waals surface area contributed by atoms with Crippen molar-refractivity contribution in [3.05, 3.63) is 71.8 Å². The average Bonchev–Trinajstić information content (AvgIpc) is 2.84. The molecule has 0 unspecified atom stereocenters. The quantitative estimate of drug-likeness (QED) is 0.637. The van der Waals surface area contributed by atoms with E-state index in [2.05, 4.69) is 20.4 Å². The number of carbonyl (C=O) groups excluding carboxylic acids is 2. The summed E-state index contributed by atoms with van der Waals surface area (Å²) in [7, 11) is 1.28. The molecule has 1 aliphatic heterocycles. The molecule has 1 fully saturated rings. The van der Waals surface area contributed by atoms with Crippen LogP contribution >= 0.6 is 0 Å². The number of hydrogen-bond acceptors (Lipinski definition) is 7. The Hall–Kier alpha value is -3.78. The number of esters is 1. The Kier molecular flexibility index (Phi) is 6.18. The molecule has 0 aliphatic carbocycles. The van der Waals surface area contributed by atoms with Gasteiger partial charge < -0.3 is 19.7 Å². The second kappa shape index (κ2) is 9.36. The van der Waals surface area contributed by atoms with Gasteiger partial charge in [0.1, 0.15) is 0 Å². The zero-order valence-corrected chi connectivity index (χ0v) is 17.1. The second-order valence-corrected chi connectivity index (χ2v) is 6.95. The number of anilines is 2. The fourth-order valence-electron chi connectivity index (χ4n) is 3.36. The molecule has 31 heavy (non-hydrogen) atoms. The number of nitrogens with zero attached hydrogens (tertiary/aromatic N) is 3. The first-order valence-corrected chi connectivity index (χ1v) is 9.91. The fraction of sp³-hybridized carbons (Fsp3) is 0.217. The molecule has 1 aliphatic rings. The molecule has 8 heteroatoms. The van der Waals surface area contributed by atoms with Gasteiger partial charge in [0.2, 0.25) is 0 Å². The van der Waals surface area contributed by atoms with E-state index in [9.17, 15) is 9.59 Å². The summed E-state index contributed by atoms with van der Waals surface area (Å²) in [5.41, 5.74) is 2.56. The van der Waals surface area contributed by atoms with E-state index in [1.807, 2.05) is 30.3 Å². The molecule has 2 aromatic carbocycles. The number of morpholine rings is 1. The van der Waals surface area contributed by atoms with Crippen molar-refractivity contribution in [1.82, 2.24) is 10.2 Å². The number of amides is 1. The summed E-state index contributed by atoms with van der Waals surface area (Å²) in [5, 5.41) is 11.5. The molecule has 158 valence electrons. The van der Waals surface area contributed by atoms with Crippen LogP contribution in [0.4, 0.5) is 11.5 Å². The molecule has 0 spiro atoms. The number of hydrogen-bond donors (Lipinski definition) is 1. The summed E-state index contributed by atoms with van der Waals surface area (Å²) in [6.07, 6.45) is 0. The van der Waals surface area contributed by atoms with Gasteiger partial charge >= 0.3 is 5.97 Å². The number of methoxy groups -OCH3 is 1. The molecule has 0 saturated carbocycles. The van der Waals surface area contributed by atoms with Crippen LogP contribution in [0.5, 0.6) is 0 Å². The van der Waals surface area contributed by atoms with Crippen LogP contribution in [0, 0.1) is 0 Å². The zero-order chi connectivity index (χ0) is 21.6. The largest absolute Gasteiger partial charge is 0.465 e. The van der Waals surface area contributed by atoms with Gasteiger partial charge in [-0.3, -0.25) is 4.79 Å². The molecular weight excluding hydrogens is 396 g/mol. The summed E-state index contributed by atoms with van der Waals surface area (Å²) in [5.74, 6) is -0.141. The van der Waals surface area contributed by atoms with Crippen molar-refractivity contribution in [3.8, 4) is 11.3 Å². The number of benzene rings is 2. The molecule has 1 N–H and O–H groups in total. The van der Waals surface area contributed by atoms with Gasteiger partial charge in [-0.15, -0.1) is 10.2 Å². The lowest BCUT2D eigenvalue weighted by atomic mass is 10.1. The SMILES string of the molecule is COC(=O)c1ccccc1C(=O)Nc1cccc(-c2ccc(N3CCOCC3)nn2)c1. The van der Waals surface area contributed by atoms with Gasteiger partial charge in [0, 0.05) is 24.3 Å². The van der Waals surface area contributed by atoms with Crippen LogP contribution in [0.3, 0.4) is 0 Å². The van der Waals surface area contributed by atoms with Crippen molar-refractivity contribution in [1.29, 1.82) is 0 Å². The van der Waals surface area contributed by atoms with Gasteiger partial charge in [-0.05, 0) is 36.4 Å². The third-order valence-electron chi connectivity index (χ3n) is 4.98. The first-order valence-electron chi connectivity index (χ1n) is 9.91. The van der Waals surface area contributed by atoms with Crippen LogP contribution in [0.25, 0.3) is 11.3 Å². The first kappa shape index (κ1) is 20.5. The van der Waals surface area contributed by atoms with E-state index >= 15 is 0 Å². The van der Waals surface area contributed by atoms with E-state index in [4.69, 9.17) is 9.47 Å². The van der Waals surface area contributed by atoms with E-state index in [-0.39, 0.29) is 11.1 Å². The lowest BCUT2D eigenvalue weighted by Gasteiger charge is -2.27.